The molecule has 0 radical (unpaired) electrons. The fraction of sp³-hybridized carbons (Fsp3) is 0.611. The van der Waals surface area contributed by atoms with Crippen LogP contribution in [0.3, 0.4) is 0 Å². The van der Waals surface area contributed by atoms with E-state index in [1.54, 1.807) is 0 Å². The lowest BCUT2D eigenvalue weighted by Crippen LogP contribution is -2.52. The average Bonchev–Trinajstić information content (AvgIpc) is 2.39. The van der Waals surface area contributed by atoms with Crippen molar-refractivity contribution in [2.75, 3.05) is 13.1 Å². The van der Waals surface area contributed by atoms with Crippen molar-refractivity contribution in [3.05, 3.63) is 35.4 Å². The number of carbonyl (C=O) groups is 1. The molecule has 1 aromatic rings. The molecular weight excluding hydrogens is 260 g/mol. The number of amides is 1. The molecule has 1 aliphatic heterocycles. The number of carbonyl (C=O) groups excluding carboxylic acids is 1. The molecule has 116 valence electrons. The number of benzene rings is 1. The molecule has 2 rings (SSSR count). The summed E-state index contributed by atoms with van der Waals surface area (Å²) in [7, 11) is 0. The van der Waals surface area contributed by atoms with Gasteiger partial charge in [-0.05, 0) is 31.2 Å². The molecule has 0 aliphatic carbocycles. The predicted octanol–water partition coefficient (Wildman–Crippen LogP) is 2.76. The van der Waals surface area contributed by atoms with Crippen LogP contribution in [0.2, 0.25) is 0 Å². The van der Waals surface area contributed by atoms with Gasteiger partial charge in [-0.1, -0.05) is 50.6 Å². The predicted molar refractivity (Wildman–Crippen MR) is 87.0 cm³/mol. The summed E-state index contributed by atoms with van der Waals surface area (Å²) in [5.74, 6) is 0.675. The minimum Gasteiger partial charge on any atom is -0.340 e. The van der Waals surface area contributed by atoms with Crippen molar-refractivity contribution in [1.29, 1.82) is 0 Å². The van der Waals surface area contributed by atoms with E-state index in [4.69, 9.17) is 5.73 Å². The van der Waals surface area contributed by atoms with Crippen LogP contribution >= 0.6 is 0 Å². The van der Waals surface area contributed by atoms with Crippen LogP contribution in [0.5, 0.6) is 0 Å². The van der Waals surface area contributed by atoms with Crippen LogP contribution in [0.25, 0.3) is 0 Å². The Kier molecular flexibility index (Phi) is 4.72. The number of aryl methyl sites for hydroxylation is 1. The largest absolute Gasteiger partial charge is 0.340 e. The van der Waals surface area contributed by atoms with E-state index in [1.807, 2.05) is 25.7 Å². The normalized spacial score (nSPS) is 23.2. The van der Waals surface area contributed by atoms with Gasteiger partial charge in [0, 0.05) is 24.5 Å². The van der Waals surface area contributed by atoms with Crippen LogP contribution in [-0.2, 0) is 11.2 Å². The van der Waals surface area contributed by atoms with Gasteiger partial charge in [0.1, 0.15) is 0 Å². The monoisotopic (exact) mass is 288 g/mol. The van der Waals surface area contributed by atoms with E-state index in [0.29, 0.717) is 12.5 Å². The van der Waals surface area contributed by atoms with Crippen molar-refractivity contribution in [3.8, 4) is 0 Å². The molecule has 0 spiro atoms. The first-order chi connectivity index (χ1) is 9.75. The molecule has 2 unspecified atom stereocenters. The van der Waals surface area contributed by atoms with Gasteiger partial charge in [0.15, 0.2) is 0 Å². The number of nitrogens with zero attached hydrogens (tertiary/aromatic N) is 1. The van der Waals surface area contributed by atoms with E-state index >= 15 is 0 Å². The Bertz CT molecular complexity index is 487. The summed E-state index contributed by atoms with van der Waals surface area (Å²) in [6, 6.07) is 8.77. The molecule has 0 aromatic heterocycles. The van der Waals surface area contributed by atoms with E-state index in [1.165, 1.54) is 11.1 Å². The quantitative estimate of drug-likeness (QED) is 0.909. The zero-order chi connectivity index (χ0) is 15.6. The van der Waals surface area contributed by atoms with E-state index in [0.717, 1.165) is 19.4 Å². The molecule has 1 fully saturated rings. The minimum atomic E-state index is -0.328. The molecule has 1 amide bonds. The van der Waals surface area contributed by atoms with Gasteiger partial charge in [0.05, 0.1) is 0 Å². The van der Waals surface area contributed by atoms with Gasteiger partial charge in [-0.25, -0.2) is 0 Å². The summed E-state index contributed by atoms with van der Waals surface area (Å²) in [6.07, 6.45) is 2.00. The standard InChI is InChI=1S/C18H28N2O/c1-13-5-7-14(8-6-13)9-15-10-16(19)12-20(11-15)17(21)18(2,3)4/h5-8,15-16H,9-12,19H2,1-4H3. The summed E-state index contributed by atoms with van der Waals surface area (Å²) in [5.41, 5.74) is 8.47. The van der Waals surface area contributed by atoms with Crippen LogP contribution in [0.4, 0.5) is 0 Å². The van der Waals surface area contributed by atoms with E-state index in [9.17, 15) is 4.79 Å². The van der Waals surface area contributed by atoms with Crippen molar-refractivity contribution in [2.24, 2.45) is 17.1 Å². The van der Waals surface area contributed by atoms with Gasteiger partial charge in [0.25, 0.3) is 0 Å². The first kappa shape index (κ1) is 16.0. The molecule has 21 heavy (non-hydrogen) atoms. The Morgan fingerprint density at radius 3 is 2.43 bits per heavy atom. The van der Waals surface area contributed by atoms with E-state index < -0.39 is 0 Å². The van der Waals surface area contributed by atoms with Crippen LogP contribution in [0, 0.1) is 18.3 Å². The van der Waals surface area contributed by atoms with Gasteiger partial charge < -0.3 is 10.6 Å². The average molecular weight is 288 g/mol. The Morgan fingerprint density at radius 2 is 1.86 bits per heavy atom. The van der Waals surface area contributed by atoms with Crippen LogP contribution in [0.1, 0.15) is 38.3 Å². The smallest absolute Gasteiger partial charge is 0.228 e. The molecule has 2 N–H and O–H groups in total. The highest BCUT2D eigenvalue weighted by atomic mass is 16.2. The Morgan fingerprint density at radius 1 is 1.24 bits per heavy atom. The zero-order valence-corrected chi connectivity index (χ0v) is 13.7. The third-order valence-electron chi connectivity index (χ3n) is 4.14. The fourth-order valence-electron chi connectivity index (χ4n) is 3.09. The first-order valence-corrected chi connectivity index (χ1v) is 7.86. The van der Waals surface area contributed by atoms with Gasteiger partial charge >= 0.3 is 0 Å². The SMILES string of the molecule is Cc1ccc(CC2CC(N)CN(C(=O)C(C)(C)C)C2)cc1. The summed E-state index contributed by atoms with van der Waals surface area (Å²) in [6.45, 7) is 9.56. The van der Waals surface area contributed by atoms with Crippen LogP contribution in [-0.4, -0.2) is 29.9 Å². The van der Waals surface area contributed by atoms with E-state index in [2.05, 4.69) is 31.2 Å². The molecule has 1 heterocycles. The van der Waals surface area contributed by atoms with Gasteiger partial charge in [0.2, 0.25) is 5.91 Å². The number of piperidine rings is 1. The van der Waals surface area contributed by atoms with Crippen molar-refractivity contribution in [2.45, 2.75) is 46.6 Å². The summed E-state index contributed by atoms with van der Waals surface area (Å²) in [5, 5.41) is 0. The highest BCUT2D eigenvalue weighted by Gasteiger charge is 2.33. The van der Waals surface area contributed by atoms with Gasteiger partial charge in [-0.2, -0.15) is 0 Å². The summed E-state index contributed by atoms with van der Waals surface area (Å²) < 4.78 is 0. The molecular formula is C18H28N2O. The highest BCUT2D eigenvalue weighted by molar-refractivity contribution is 5.81. The maximum atomic E-state index is 12.5. The second-order valence-corrected chi connectivity index (χ2v) is 7.51. The first-order valence-electron chi connectivity index (χ1n) is 7.86. The molecule has 0 saturated carbocycles. The number of nitrogens with two attached hydrogens (primary N) is 1. The maximum Gasteiger partial charge on any atom is 0.228 e. The van der Waals surface area contributed by atoms with Crippen molar-refractivity contribution >= 4 is 5.91 Å². The second kappa shape index (κ2) is 6.18. The van der Waals surface area contributed by atoms with E-state index in [-0.39, 0.29) is 17.4 Å². The number of rotatable bonds is 2. The Hall–Kier alpha value is -1.35. The molecule has 1 aromatic carbocycles. The summed E-state index contributed by atoms with van der Waals surface area (Å²) >= 11 is 0. The summed E-state index contributed by atoms with van der Waals surface area (Å²) in [4.78, 5) is 14.4. The zero-order valence-electron chi connectivity index (χ0n) is 13.7. The lowest BCUT2D eigenvalue weighted by Gasteiger charge is -2.39. The molecule has 1 saturated heterocycles. The van der Waals surface area contributed by atoms with Crippen molar-refractivity contribution in [3.63, 3.8) is 0 Å². The molecule has 2 atom stereocenters. The second-order valence-electron chi connectivity index (χ2n) is 7.51. The Balaban J connectivity index is 2.04. The maximum absolute atomic E-state index is 12.5. The van der Waals surface area contributed by atoms with Gasteiger partial charge in [-0.3, -0.25) is 4.79 Å². The molecule has 1 aliphatic rings. The highest BCUT2D eigenvalue weighted by Crippen LogP contribution is 2.25. The Labute approximate surface area is 128 Å². The number of hydrogen-bond donors (Lipinski definition) is 1. The third kappa shape index (κ3) is 4.31. The van der Waals surface area contributed by atoms with Crippen molar-refractivity contribution < 1.29 is 4.79 Å². The van der Waals surface area contributed by atoms with Crippen LogP contribution < -0.4 is 5.73 Å². The molecule has 3 nitrogen and oxygen atoms in total. The number of likely N-dealkylation sites (tertiary alicyclic amines) is 1. The lowest BCUT2D eigenvalue weighted by atomic mass is 9.86. The fourth-order valence-corrected chi connectivity index (χ4v) is 3.09. The minimum absolute atomic E-state index is 0.0977. The third-order valence-corrected chi connectivity index (χ3v) is 4.14. The van der Waals surface area contributed by atoms with Gasteiger partial charge in [-0.15, -0.1) is 0 Å². The van der Waals surface area contributed by atoms with Crippen LogP contribution in [0.15, 0.2) is 24.3 Å². The lowest BCUT2D eigenvalue weighted by molar-refractivity contribution is -0.141. The molecule has 0 bridgehead atoms. The topological polar surface area (TPSA) is 46.3 Å². The van der Waals surface area contributed by atoms with Crippen molar-refractivity contribution in [1.82, 2.24) is 4.90 Å². The number of hydrogen-bond acceptors (Lipinski definition) is 2. The molecule has 3 heteroatoms.